The second-order valence-corrected chi connectivity index (χ2v) is 9.14. The maximum atomic E-state index is 12.6. The first-order chi connectivity index (χ1) is 12.3. The van der Waals surface area contributed by atoms with Gasteiger partial charge in [-0.05, 0) is 31.0 Å². The molecule has 1 unspecified atom stereocenters. The van der Waals surface area contributed by atoms with Crippen LogP contribution in [0.25, 0.3) is 0 Å². The van der Waals surface area contributed by atoms with E-state index < -0.39 is 11.7 Å². The maximum Gasteiger partial charge on any atom is 0.416 e. The zero-order valence-corrected chi connectivity index (χ0v) is 16.6. The molecule has 142 valence electrons. The van der Waals surface area contributed by atoms with Crippen molar-refractivity contribution < 1.29 is 18.0 Å². The molecular formula is C16H18F3N3OS3. The molecule has 2 aromatic rings. The van der Waals surface area contributed by atoms with Crippen LogP contribution in [0.15, 0.2) is 32.9 Å². The van der Waals surface area contributed by atoms with Gasteiger partial charge in [-0.2, -0.15) is 13.2 Å². The Hall–Kier alpha value is -1.26. The van der Waals surface area contributed by atoms with E-state index in [1.807, 2.05) is 13.8 Å². The minimum atomic E-state index is -4.33. The molecule has 0 radical (unpaired) electrons. The fourth-order valence-electron chi connectivity index (χ4n) is 1.91. The number of nitrogens with one attached hydrogen (secondary N) is 1. The van der Waals surface area contributed by atoms with E-state index in [1.54, 1.807) is 0 Å². The number of alkyl halides is 3. The van der Waals surface area contributed by atoms with Crippen LogP contribution < -0.4 is 5.32 Å². The summed E-state index contributed by atoms with van der Waals surface area (Å²) in [7, 11) is 0. The van der Waals surface area contributed by atoms with Gasteiger partial charge in [-0.3, -0.25) is 4.79 Å². The van der Waals surface area contributed by atoms with Crippen molar-refractivity contribution >= 4 is 40.8 Å². The largest absolute Gasteiger partial charge is 0.416 e. The van der Waals surface area contributed by atoms with Crippen molar-refractivity contribution in [2.45, 2.75) is 40.4 Å². The quantitative estimate of drug-likeness (QED) is 0.606. The Morgan fingerprint density at radius 1 is 1.23 bits per heavy atom. The van der Waals surface area contributed by atoms with Crippen LogP contribution >= 0.6 is 34.9 Å². The monoisotopic (exact) mass is 421 g/mol. The molecular weight excluding hydrogens is 403 g/mol. The van der Waals surface area contributed by atoms with Gasteiger partial charge in [-0.25, -0.2) is 0 Å². The van der Waals surface area contributed by atoms with Crippen molar-refractivity contribution in [3.63, 3.8) is 0 Å². The lowest BCUT2D eigenvalue weighted by atomic mass is 10.1. The highest BCUT2D eigenvalue weighted by atomic mass is 32.2. The molecule has 1 aromatic carbocycles. The predicted molar refractivity (Wildman–Crippen MR) is 99.6 cm³/mol. The molecule has 0 saturated heterocycles. The zero-order chi connectivity index (χ0) is 19.2. The lowest BCUT2D eigenvalue weighted by molar-refractivity contribution is -0.137. The van der Waals surface area contributed by atoms with Gasteiger partial charge in [0.15, 0.2) is 8.68 Å². The van der Waals surface area contributed by atoms with Gasteiger partial charge in [0.05, 0.1) is 11.3 Å². The molecule has 0 aliphatic carbocycles. The van der Waals surface area contributed by atoms with E-state index in [-0.39, 0.29) is 16.9 Å². The first-order valence-corrected chi connectivity index (χ1v) is 10.5. The Morgan fingerprint density at radius 3 is 2.50 bits per heavy atom. The van der Waals surface area contributed by atoms with Crippen LogP contribution in [0.1, 0.15) is 36.6 Å². The Morgan fingerprint density at radius 2 is 1.88 bits per heavy atom. The fourth-order valence-corrected chi connectivity index (χ4v) is 5.03. The van der Waals surface area contributed by atoms with Gasteiger partial charge in [-0.15, -0.1) is 10.2 Å². The second kappa shape index (κ2) is 9.61. The summed E-state index contributed by atoms with van der Waals surface area (Å²) in [6.45, 7) is 4.54. The van der Waals surface area contributed by atoms with Crippen LogP contribution in [0.3, 0.4) is 0 Å². The van der Waals surface area contributed by atoms with Gasteiger partial charge in [-0.1, -0.05) is 53.9 Å². The van der Waals surface area contributed by atoms with Crippen LogP contribution in [0.4, 0.5) is 13.2 Å². The third-order valence-corrected chi connectivity index (χ3v) is 6.57. The van der Waals surface area contributed by atoms with Crippen LogP contribution in [-0.2, 0) is 11.0 Å². The molecule has 1 N–H and O–H groups in total. The fraction of sp³-hybridized carbons (Fsp3) is 0.438. The maximum absolute atomic E-state index is 12.6. The van der Waals surface area contributed by atoms with E-state index in [9.17, 15) is 18.0 Å². The standard InChI is InChI=1S/C16H18F3N3OS3/c1-3-8-20-13(23)9-24-14-21-22-15(26-14)25-10(2)11-4-6-12(7-5-11)16(17,18)19/h4-7,10H,3,8-9H2,1-2H3,(H,20,23). The number of benzene rings is 1. The molecule has 0 aliphatic rings. The average Bonchev–Trinajstić information content (AvgIpc) is 3.05. The van der Waals surface area contributed by atoms with Gasteiger partial charge in [0, 0.05) is 11.8 Å². The third kappa shape index (κ3) is 6.48. The minimum absolute atomic E-state index is 0.0422. The number of hydrogen-bond acceptors (Lipinski definition) is 6. The van der Waals surface area contributed by atoms with Crippen molar-refractivity contribution in [3.8, 4) is 0 Å². The van der Waals surface area contributed by atoms with Crippen LogP contribution in [-0.4, -0.2) is 28.4 Å². The molecule has 2 rings (SSSR count). The SMILES string of the molecule is CCCNC(=O)CSc1nnc(SC(C)c2ccc(C(F)(F)F)cc2)s1. The number of amides is 1. The number of nitrogens with zero attached hydrogens (tertiary/aromatic N) is 2. The normalized spacial score (nSPS) is 12.8. The molecule has 1 aromatic heterocycles. The van der Waals surface area contributed by atoms with Gasteiger partial charge in [0.1, 0.15) is 0 Å². The molecule has 0 aliphatic heterocycles. The number of thioether (sulfide) groups is 2. The highest BCUT2D eigenvalue weighted by Crippen LogP contribution is 2.39. The molecule has 0 spiro atoms. The minimum Gasteiger partial charge on any atom is -0.355 e. The van der Waals surface area contributed by atoms with Crippen LogP contribution in [0.5, 0.6) is 0 Å². The summed E-state index contributed by atoms with van der Waals surface area (Å²) >= 11 is 4.12. The van der Waals surface area contributed by atoms with E-state index in [0.717, 1.165) is 24.1 Å². The van der Waals surface area contributed by atoms with Gasteiger partial charge >= 0.3 is 6.18 Å². The summed E-state index contributed by atoms with van der Waals surface area (Å²) in [4.78, 5) is 11.6. The van der Waals surface area contributed by atoms with E-state index in [1.165, 1.54) is 47.0 Å². The first-order valence-electron chi connectivity index (χ1n) is 7.86. The van der Waals surface area contributed by atoms with Crippen molar-refractivity contribution in [1.29, 1.82) is 0 Å². The molecule has 0 bridgehead atoms. The molecule has 1 atom stereocenters. The number of rotatable bonds is 8. The Kier molecular flexibility index (Phi) is 7.78. The molecule has 26 heavy (non-hydrogen) atoms. The zero-order valence-electron chi connectivity index (χ0n) is 14.2. The smallest absolute Gasteiger partial charge is 0.355 e. The third-order valence-electron chi connectivity index (χ3n) is 3.27. The van der Waals surface area contributed by atoms with E-state index in [0.29, 0.717) is 15.2 Å². The summed E-state index contributed by atoms with van der Waals surface area (Å²) in [6.07, 6.45) is -3.44. The lowest BCUT2D eigenvalue weighted by Gasteiger charge is -2.11. The van der Waals surface area contributed by atoms with Gasteiger partial charge in [0.2, 0.25) is 5.91 Å². The number of carbonyl (C=O) groups excluding carboxylic acids is 1. The molecule has 0 saturated carbocycles. The van der Waals surface area contributed by atoms with Crippen molar-refractivity contribution in [3.05, 3.63) is 35.4 Å². The number of carbonyl (C=O) groups is 1. The average molecular weight is 422 g/mol. The van der Waals surface area contributed by atoms with E-state index >= 15 is 0 Å². The number of halogens is 3. The Balaban J connectivity index is 1.88. The van der Waals surface area contributed by atoms with E-state index in [4.69, 9.17) is 0 Å². The summed E-state index contributed by atoms with van der Waals surface area (Å²) in [5, 5.41) is 10.9. The highest BCUT2D eigenvalue weighted by Gasteiger charge is 2.30. The molecule has 1 heterocycles. The highest BCUT2D eigenvalue weighted by molar-refractivity contribution is 8.03. The molecule has 0 fully saturated rings. The number of hydrogen-bond donors (Lipinski definition) is 1. The summed E-state index contributed by atoms with van der Waals surface area (Å²) < 4.78 is 39.3. The predicted octanol–water partition coefficient (Wildman–Crippen LogP) is 5.03. The first kappa shape index (κ1) is 21.0. The van der Waals surface area contributed by atoms with E-state index in [2.05, 4.69) is 15.5 Å². The van der Waals surface area contributed by atoms with Crippen molar-refractivity contribution in [2.24, 2.45) is 0 Å². The lowest BCUT2D eigenvalue weighted by Crippen LogP contribution is -2.25. The Bertz CT molecular complexity index is 720. The molecule has 1 amide bonds. The number of aromatic nitrogens is 2. The van der Waals surface area contributed by atoms with Crippen molar-refractivity contribution in [1.82, 2.24) is 15.5 Å². The summed E-state index contributed by atoms with van der Waals surface area (Å²) in [5.74, 6) is 0.243. The summed E-state index contributed by atoms with van der Waals surface area (Å²) in [5.41, 5.74) is 0.126. The van der Waals surface area contributed by atoms with Gasteiger partial charge < -0.3 is 5.32 Å². The van der Waals surface area contributed by atoms with Gasteiger partial charge in [0.25, 0.3) is 0 Å². The van der Waals surface area contributed by atoms with Crippen LogP contribution in [0, 0.1) is 0 Å². The molecule has 10 heteroatoms. The Labute approximate surface area is 162 Å². The molecule has 4 nitrogen and oxygen atoms in total. The van der Waals surface area contributed by atoms with Crippen LogP contribution in [0.2, 0.25) is 0 Å². The topological polar surface area (TPSA) is 54.9 Å². The van der Waals surface area contributed by atoms with Crippen molar-refractivity contribution in [2.75, 3.05) is 12.3 Å². The second-order valence-electron chi connectivity index (χ2n) is 5.35. The summed E-state index contributed by atoms with van der Waals surface area (Å²) in [6, 6.07) is 5.13.